The number of nitrogens with one attached hydrogen (secondary N) is 1. The number of anilines is 2. The highest BCUT2D eigenvalue weighted by atomic mass is 35.5. The van der Waals surface area contributed by atoms with Gasteiger partial charge in [0.2, 0.25) is 11.8 Å². The average molecular weight is 458 g/mol. The number of carbonyl (C=O) groups is 2. The Morgan fingerprint density at radius 3 is 2.72 bits per heavy atom. The fourth-order valence-electron chi connectivity index (χ4n) is 3.69. The van der Waals surface area contributed by atoms with Crippen molar-refractivity contribution in [3.8, 4) is 16.9 Å². The Kier molecular flexibility index (Phi) is 5.80. The zero-order chi connectivity index (χ0) is 23.0. The van der Waals surface area contributed by atoms with Gasteiger partial charge in [0.05, 0.1) is 29.4 Å². The molecule has 9 heteroatoms. The number of aromatic nitrogens is 1. The number of fused-ring (bicyclic) bond motifs is 3. The van der Waals surface area contributed by atoms with Gasteiger partial charge >= 0.3 is 0 Å². The van der Waals surface area contributed by atoms with Gasteiger partial charge in [0.15, 0.2) is 0 Å². The largest absolute Gasteiger partial charge is 0.497 e. The van der Waals surface area contributed by atoms with Gasteiger partial charge in [-0.1, -0.05) is 17.7 Å². The second-order valence-corrected chi connectivity index (χ2v) is 7.67. The molecular formula is C23H18ClF2N3O3. The van der Waals surface area contributed by atoms with E-state index in [9.17, 15) is 14.0 Å². The van der Waals surface area contributed by atoms with E-state index in [0.717, 1.165) is 6.07 Å². The van der Waals surface area contributed by atoms with E-state index in [0.29, 0.717) is 11.3 Å². The third-order valence-electron chi connectivity index (χ3n) is 5.23. The van der Waals surface area contributed by atoms with E-state index in [1.54, 1.807) is 19.1 Å². The van der Waals surface area contributed by atoms with Crippen molar-refractivity contribution in [1.29, 1.82) is 0 Å². The molecule has 0 saturated heterocycles. The molecule has 1 aliphatic rings. The van der Waals surface area contributed by atoms with E-state index in [1.165, 1.54) is 42.5 Å². The SMILES string of the molecule is COc1cc(F)c2c(c1)N(CC(=O)Nc1ccc(Cl)c(F)c1)C(=O)[C@H](C)c1ncccc1-2. The monoisotopic (exact) mass is 457 g/mol. The van der Waals surface area contributed by atoms with Crippen LogP contribution >= 0.6 is 11.6 Å². The van der Waals surface area contributed by atoms with Gasteiger partial charge in [0, 0.05) is 35.1 Å². The van der Waals surface area contributed by atoms with Gasteiger partial charge in [-0.3, -0.25) is 14.6 Å². The molecule has 1 N–H and O–H groups in total. The molecule has 2 heterocycles. The van der Waals surface area contributed by atoms with Crippen LogP contribution in [0.4, 0.5) is 20.2 Å². The molecule has 32 heavy (non-hydrogen) atoms. The molecule has 0 saturated carbocycles. The van der Waals surface area contributed by atoms with Crippen LogP contribution in [0.3, 0.4) is 0 Å². The molecule has 0 aliphatic carbocycles. The molecule has 4 rings (SSSR count). The summed E-state index contributed by atoms with van der Waals surface area (Å²) in [5, 5.41) is 2.45. The molecule has 164 valence electrons. The molecule has 1 aromatic heterocycles. The predicted molar refractivity (Wildman–Crippen MR) is 117 cm³/mol. The van der Waals surface area contributed by atoms with Gasteiger partial charge in [-0.25, -0.2) is 8.78 Å². The summed E-state index contributed by atoms with van der Waals surface area (Å²) in [6.07, 6.45) is 1.53. The van der Waals surface area contributed by atoms with Crippen molar-refractivity contribution in [3.63, 3.8) is 0 Å². The maximum absolute atomic E-state index is 15.2. The van der Waals surface area contributed by atoms with Crippen LogP contribution in [0, 0.1) is 11.6 Å². The second kappa shape index (κ2) is 8.55. The summed E-state index contributed by atoms with van der Waals surface area (Å²) >= 11 is 5.68. The topological polar surface area (TPSA) is 71.5 Å². The molecule has 0 unspecified atom stereocenters. The quantitative estimate of drug-likeness (QED) is 0.612. The zero-order valence-corrected chi connectivity index (χ0v) is 17.9. The minimum atomic E-state index is -0.732. The standard InChI is InChI=1S/C23H18ClF2N3O3/c1-12-22-15(4-3-7-27-22)21-18(26)9-14(32-2)10-19(21)29(23(12)31)11-20(30)28-13-5-6-16(24)17(25)8-13/h3-10,12H,11H2,1-2H3,(H,28,30)/t12-/m1/s1. The summed E-state index contributed by atoms with van der Waals surface area (Å²) in [7, 11) is 1.38. The van der Waals surface area contributed by atoms with Gasteiger partial charge < -0.3 is 15.0 Å². The lowest BCUT2D eigenvalue weighted by Gasteiger charge is -2.25. The molecule has 0 bridgehead atoms. The van der Waals surface area contributed by atoms with Crippen molar-refractivity contribution in [2.75, 3.05) is 23.9 Å². The van der Waals surface area contributed by atoms with Crippen LogP contribution in [0.2, 0.25) is 5.02 Å². The number of methoxy groups -OCH3 is 1. The highest BCUT2D eigenvalue weighted by Crippen LogP contribution is 2.43. The first kappa shape index (κ1) is 21.7. The lowest BCUT2D eigenvalue weighted by molar-refractivity contribution is -0.122. The van der Waals surface area contributed by atoms with Crippen LogP contribution < -0.4 is 15.0 Å². The number of hydrogen-bond acceptors (Lipinski definition) is 4. The zero-order valence-electron chi connectivity index (χ0n) is 17.2. The Balaban J connectivity index is 1.77. The number of amides is 2. The van der Waals surface area contributed by atoms with E-state index in [1.807, 2.05) is 0 Å². The number of nitrogens with zero attached hydrogens (tertiary/aromatic N) is 2. The predicted octanol–water partition coefficient (Wildman–Crippen LogP) is 4.78. The molecule has 1 atom stereocenters. The van der Waals surface area contributed by atoms with Gasteiger partial charge in [0.1, 0.15) is 23.9 Å². The third-order valence-corrected chi connectivity index (χ3v) is 5.54. The van der Waals surface area contributed by atoms with E-state index < -0.39 is 35.9 Å². The Morgan fingerprint density at radius 1 is 1.22 bits per heavy atom. The number of hydrogen-bond donors (Lipinski definition) is 1. The molecule has 3 aromatic rings. The van der Waals surface area contributed by atoms with Crippen LogP contribution in [0.15, 0.2) is 48.7 Å². The summed E-state index contributed by atoms with van der Waals surface area (Å²) < 4.78 is 34.1. The second-order valence-electron chi connectivity index (χ2n) is 7.26. The maximum Gasteiger partial charge on any atom is 0.244 e. The minimum Gasteiger partial charge on any atom is -0.497 e. The Bertz CT molecular complexity index is 1240. The Labute approximate surface area is 187 Å². The van der Waals surface area contributed by atoms with Crippen molar-refractivity contribution in [3.05, 3.63) is 71.0 Å². The highest BCUT2D eigenvalue weighted by Gasteiger charge is 2.35. The molecule has 0 fully saturated rings. The number of rotatable bonds is 4. The van der Waals surface area contributed by atoms with E-state index in [4.69, 9.17) is 16.3 Å². The van der Waals surface area contributed by atoms with Gasteiger partial charge in [-0.05, 0) is 31.2 Å². The van der Waals surface area contributed by atoms with Gasteiger partial charge in [-0.2, -0.15) is 0 Å². The van der Waals surface area contributed by atoms with Crippen LogP contribution in [0.25, 0.3) is 11.1 Å². The van der Waals surface area contributed by atoms with Crippen LogP contribution in [0.1, 0.15) is 18.5 Å². The number of ether oxygens (including phenoxy) is 1. The summed E-state index contributed by atoms with van der Waals surface area (Å²) in [5.74, 6) is -2.87. The molecule has 0 radical (unpaired) electrons. The smallest absolute Gasteiger partial charge is 0.244 e. The number of halogens is 3. The van der Waals surface area contributed by atoms with E-state index in [-0.39, 0.29) is 27.7 Å². The van der Waals surface area contributed by atoms with Crippen LogP contribution in [-0.4, -0.2) is 30.5 Å². The normalized spacial score (nSPS) is 15.0. The minimum absolute atomic E-state index is 0.0821. The molecular weight excluding hydrogens is 440 g/mol. The van der Waals surface area contributed by atoms with E-state index in [2.05, 4.69) is 10.3 Å². The van der Waals surface area contributed by atoms with Gasteiger partial charge in [-0.15, -0.1) is 0 Å². The van der Waals surface area contributed by atoms with Crippen molar-refractivity contribution >= 4 is 34.8 Å². The highest BCUT2D eigenvalue weighted by molar-refractivity contribution is 6.30. The number of benzene rings is 2. The van der Waals surface area contributed by atoms with Crippen molar-refractivity contribution in [1.82, 2.24) is 4.98 Å². The van der Waals surface area contributed by atoms with Crippen LogP contribution in [-0.2, 0) is 9.59 Å². The van der Waals surface area contributed by atoms with Gasteiger partial charge in [0.25, 0.3) is 0 Å². The first-order valence-corrected chi connectivity index (χ1v) is 10.1. The molecule has 0 spiro atoms. The first-order chi connectivity index (χ1) is 15.3. The lowest BCUT2D eigenvalue weighted by atomic mass is 9.97. The average Bonchev–Trinajstić information content (AvgIpc) is 2.86. The maximum atomic E-state index is 15.2. The molecule has 1 aliphatic heterocycles. The first-order valence-electron chi connectivity index (χ1n) is 9.69. The fourth-order valence-corrected chi connectivity index (χ4v) is 3.81. The van der Waals surface area contributed by atoms with Crippen molar-refractivity contribution in [2.24, 2.45) is 0 Å². The van der Waals surface area contributed by atoms with Crippen molar-refractivity contribution < 1.29 is 23.1 Å². The Hall–Kier alpha value is -3.52. The summed E-state index contributed by atoms with van der Waals surface area (Å²) in [4.78, 5) is 31.6. The fraction of sp³-hybridized carbons (Fsp3) is 0.174. The summed E-state index contributed by atoms with van der Waals surface area (Å²) in [6.45, 7) is 1.22. The van der Waals surface area contributed by atoms with Crippen molar-refractivity contribution in [2.45, 2.75) is 12.8 Å². The Morgan fingerprint density at radius 2 is 2.00 bits per heavy atom. The van der Waals surface area contributed by atoms with E-state index >= 15 is 4.39 Å². The molecule has 6 nitrogen and oxygen atoms in total. The number of pyridine rings is 1. The summed E-state index contributed by atoms with van der Waals surface area (Å²) in [6, 6.07) is 9.87. The number of carbonyl (C=O) groups excluding carboxylic acids is 2. The third kappa shape index (κ3) is 3.89. The molecule has 2 aromatic carbocycles. The lowest BCUT2D eigenvalue weighted by Crippen LogP contribution is -2.40. The summed E-state index contributed by atoms with van der Waals surface area (Å²) in [5.41, 5.74) is 1.38. The molecule has 2 amide bonds. The van der Waals surface area contributed by atoms with Crippen LogP contribution in [0.5, 0.6) is 5.75 Å².